The van der Waals surface area contributed by atoms with Crippen molar-refractivity contribution in [2.75, 3.05) is 14.2 Å². The van der Waals surface area contributed by atoms with Gasteiger partial charge in [0.2, 0.25) is 0 Å². The number of hydrogen-bond donors (Lipinski definition) is 0. The molecule has 0 saturated heterocycles. The molecular formula is C13H14BrNO2S. The second kappa shape index (κ2) is 5.28. The second-order valence-electron chi connectivity index (χ2n) is 3.85. The van der Waals surface area contributed by atoms with E-state index in [0.29, 0.717) is 0 Å². The number of halogens is 1. The summed E-state index contributed by atoms with van der Waals surface area (Å²) < 4.78 is 11.8. The van der Waals surface area contributed by atoms with Crippen LogP contribution in [0.2, 0.25) is 0 Å². The van der Waals surface area contributed by atoms with E-state index in [9.17, 15) is 0 Å². The number of hydrogen-bond acceptors (Lipinski definition) is 4. The van der Waals surface area contributed by atoms with E-state index in [4.69, 9.17) is 9.47 Å². The normalized spacial score (nSPS) is 10.5. The van der Waals surface area contributed by atoms with Gasteiger partial charge in [0.05, 0.1) is 29.3 Å². The molecule has 0 atom stereocenters. The van der Waals surface area contributed by atoms with Crippen molar-refractivity contribution in [2.45, 2.75) is 13.8 Å². The minimum absolute atomic E-state index is 0.815. The Morgan fingerprint density at radius 1 is 1.17 bits per heavy atom. The average Bonchev–Trinajstić information content (AvgIpc) is 2.69. The summed E-state index contributed by atoms with van der Waals surface area (Å²) in [5.74, 6) is 1.64. The van der Waals surface area contributed by atoms with Crippen LogP contribution in [0.3, 0.4) is 0 Å². The Balaban J connectivity index is 2.61. The quantitative estimate of drug-likeness (QED) is 0.846. The Kier molecular flexibility index (Phi) is 3.92. The molecular weight excluding hydrogens is 314 g/mol. The number of nitrogens with zero attached hydrogens (tertiary/aromatic N) is 1. The predicted molar refractivity (Wildman–Crippen MR) is 77.8 cm³/mol. The van der Waals surface area contributed by atoms with E-state index in [1.54, 1.807) is 25.6 Å². The van der Waals surface area contributed by atoms with Crippen LogP contribution in [0.4, 0.5) is 0 Å². The molecule has 5 heteroatoms. The molecule has 1 aromatic heterocycles. The minimum atomic E-state index is 0.815. The Bertz CT molecular complexity index is 561. The summed E-state index contributed by atoms with van der Waals surface area (Å²) in [7, 11) is 3.33. The molecule has 2 aromatic rings. The van der Waals surface area contributed by atoms with Crippen molar-refractivity contribution in [1.29, 1.82) is 0 Å². The van der Waals surface area contributed by atoms with Crippen molar-refractivity contribution in [2.24, 2.45) is 0 Å². The van der Waals surface area contributed by atoms with Gasteiger partial charge in [-0.05, 0) is 41.9 Å². The van der Waals surface area contributed by atoms with Crippen LogP contribution >= 0.6 is 27.3 Å². The fourth-order valence-corrected chi connectivity index (χ4v) is 3.18. The van der Waals surface area contributed by atoms with Gasteiger partial charge in [-0.2, -0.15) is 0 Å². The fraction of sp³-hybridized carbons (Fsp3) is 0.308. The largest absolute Gasteiger partial charge is 0.496 e. The van der Waals surface area contributed by atoms with E-state index in [1.807, 2.05) is 26.0 Å². The van der Waals surface area contributed by atoms with E-state index in [0.717, 1.165) is 37.1 Å². The van der Waals surface area contributed by atoms with E-state index in [-0.39, 0.29) is 0 Å². The highest BCUT2D eigenvalue weighted by Gasteiger charge is 2.16. The zero-order chi connectivity index (χ0) is 13.3. The molecule has 0 bridgehead atoms. The lowest BCUT2D eigenvalue weighted by Gasteiger charge is -2.12. The van der Waals surface area contributed by atoms with Gasteiger partial charge in [0.15, 0.2) is 0 Å². The van der Waals surface area contributed by atoms with Crippen LogP contribution in [0.1, 0.15) is 11.3 Å². The van der Waals surface area contributed by atoms with Gasteiger partial charge in [-0.3, -0.25) is 0 Å². The Morgan fingerprint density at radius 3 is 2.39 bits per heavy atom. The third kappa shape index (κ3) is 2.24. The minimum Gasteiger partial charge on any atom is -0.496 e. The third-order valence-corrected chi connectivity index (χ3v) is 4.79. The SMILES string of the molecule is COc1ccc(-c2nc(C)c(Br)s2)c(OC)c1C. The van der Waals surface area contributed by atoms with E-state index in [2.05, 4.69) is 20.9 Å². The van der Waals surface area contributed by atoms with E-state index >= 15 is 0 Å². The van der Waals surface area contributed by atoms with Crippen molar-refractivity contribution in [1.82, 2.24) is 4.98 Å². The molecule has 18 heavy (non-hydrogen) atoms. The molecule has 0 amide bonds. The van der Waals surface area contributed by atoms with Gasteiger partial charge >= 0.3 is 0 Å². The molecule has 1 heterocycles. The molecule has 0 unspecified atom stereocenters. The lowest BCUT2D eigenvalue weighted by Crippen LogP contribution is -1.95. The molecule has 0 N–H and O–H groups in total. The van der Waals surface area contributed by atoms with E-state index < -0.39 is 0 Å². The fourth-order valence-electron chi connectivity index (χ4n) is 1.82. The topological polar surface area (TPSA) is 31.4 Å². The van der Waals surface area contributed by atoms with Crippen LogP contribution in [0.25, 0.3) is 10.6 Å². The zero-order valence-corrected chi connectivity index (χ0v) is 13.1. The highest BCUT2D eigenvalue weighted by molar-refractivity contribution is 9.11. The van der Waals surface area contributed by atoms with Crippen LogP contribution in [-0.2, 0) is 0 Å². The number of methoxy groups -OCH3 is 2. The monoisotopic (exact) mass is 327 g/mol. The van der Waals surface area contributed by atoms with Gasteiger partial charge in [0.1, 0.15) is 16.5 Å². The van der Waals surface area contributed by atoms with Crippen LogP contribution in [0.15, 0.2) is 15.9 Å². The maximum atomic E-state index is 5.49. The van der Waals surface area contributed by atoms with Gasteiger partial charge < -0.3 is 9.47 Å². The molecule has 96 valence electrons. The molecule has 0 aliphatic heterocycles. The van der Waals surface area contributed by atoms with Gasteiger partial charge in [0, 0.05) is 5.56 Å². The summed E-state index contributed by atoms with van der Waals surface area (Å²) >= 11 is 5.10. The van der Waals surface area contributed by atoms with E-state index in [1.165, 1.54) is 0 Å². The van der Waals surface area contributed by atoms with Crippen LogP contribution < -0.4 is 9.47 Å². The number of thiazole rings is 1. The Labute approximate surface area is 119 Å². The molecule has 0 aliphatic rings. The highest BCUT2D eigenvalue weighted by Crippen LogP contribution is 2.40. The van der Waals surface area contributed by atoms with Crippen LogP contribution in [-0.4, -0.2) is 19.2 Å². The van der Waals surface area contributed by atoms with Crippen molar-refractivity contribution >= 4 is 27.3 Å². The first-order chi connectivity index (χ1) is 8.58. The molecule has 0 saturated carbocycles. The van der Waals surface area contributed by atoms with Crippen molar-refractivity contribution in [3.05, 3.63) is 27.2 Å². The Morgan fingerprint density at radius 2 is 1.89 bits per heavy atom. The molecule has 0 aliphatic carbocycles. The summed E-state index contributed by atoms with van der Waals surface area (Å²) in [6.07, 6.45) is 0. The highest BCUT2D eigenvalue weighted by atomic mass is 79.9. The van der Waals surface area contributed by atoms with Gasteiger partial charge in [-0.15, -0.1) is 11.3 Å². The maximum absolute atomic E-state index is 5.49. The third-order valence-electron chi connectivity index (χ3n) is 2.75. The van der Waals surface area contributed by atoms with Crippen LogP contribution in [0, 0.1) is 13.8 Å². The first kappa shape index (κ1) is 13.4. The van der Waals surface area contributed by atoms with Crippen molar-refractivity contribution < 1.29 is 9.47 Å². The van der Waals surface area contributed by atoms with Gasteiger partial charge in [0.25, 0.3) is 0 Å². The van der Waals surface area contributed by atoms with Gasteiger partial charge in [-0.25, -0.2) is 4.98 Å². The lowest BCUT2D eigenvalue weighted by atomic mass is 10.1. The predicted octanol–water partition coefficient (Wildman–Crippen LogP) is 4.21. The number of ether oxygens (including phenoxy) is 2. The first-order valence-electron chi connectivity index (χ1n) is 5.43. The average molecular weight is 328 g/mol. The summed E-state index contributed by atoms with van der Waals surface area (Å²) in [6.45, 7) is 3.96. The summed E-state index contributed by atoms with van der Waals surface area (Å²) in [5, 5.41) is 0.946. The standard InChI is InChI=1S/C13H14BrNO2S/c1-7-10(16-3)6-5-9(11(7)17-4)13-15-8(2)12(14)18-13/h5-6H,1-4H3. The van der Waals surface area contributed by atoms with Crippen molar-refractivity contribution in [3.63, 3.8) is 0 Å². The molecule has 0 spiro atoms. The molecule has 2 rings (SSSR count). The van der Waals surface area contributed by atoms with Crippen molar-refractivity contribution in [3.8, 4) is 22.1 Å². The molecule has 3 nitrogen and oxygen atoms in total. The number of aryl methyl sites for hydroxylation is 1. The zero-order valence-electron chi connectivity index (χ0n) is 10.7. The molecule has 1 aromatic carbocycles. The Hall–Kier alpha value is -1.07. The summed E-state index contributed by atoms with van der Waals surface area (Å²) in [5.41, 5.74) is 2.97. The molecule has 0 radical (unpaired) electrons. The summed E-state index contributed by atoms with van der Waals surface area (Å²) in [4.78, 5) is 4.54. The number of aromatic nitrogens is 1. The lowest BCUT2D eigenvalue weighted by molar-refractivity contribution is 0.390. The maximum Gasteiger partial charge on any atom is 0.135 e. The second-order valence-corrected chi connectivity index (χ2v) is 6.17. The van der Waals surface area contributed by atoms with Gasteiger partial charge in [-0.1, -0.05) is 0 Å². The van der Waals surface area contributed by atoms with Crippen LogP contribution in [0.5, 0.6) is 11.5 Å². The molecule has 0 fully saturated rings. The first-order valence-corrected chi connectivity index (χ1v) is 7.04. The smallest absolute Gasteiger partial charge is 0.135 e. The number of rotatable bonds is 3. The number of benzene rings is 1. The summed E-state index contributed by atoms with van der Waals surface area (Å²) in [6, 6.07) is 3.92.